The molecule has 2 heterocycles. The maximum Gasteiger partial charge on any atom is 0.274 e. The summed E-state index contributed by atoms with van der Waals surface area (Å²) in [5.41, 5.74) is 6.62. The van der Waals surface area contributed by atoms with Crippen molar-refractivity contribution in [3.63, 3.8) is 0 Å². The molecule has 2 aliphatic carbocycles. The Bertz CT molecular complexity index is 939. The van der Waals surface area contributed by atoms with Crippen LogP contribution in [-0.2, 0) is 6.54 Å². The van der Waals surface area contributed by atoms with Crippen LogP contribution in [0.5, 0.6) is 0 Å². The number of hydrazone groups is 1. The first kappa shape index (κ1) is 11.2. The van der Waals surface area contributed by atoms with Crippen LogP contribution in [0.2, 0.25) is 0 Å². The fourth-order valence-corrected chi connectivity index (χ4v) is 2.73. The maximum absolute atomic E-state index is 12.5. The van der Waals surface area contributed by atoms with E-state index in [9.17, 15) is 4.79 Å². The quantitative estimate of drug-likeness (QED) is 0.723. The Kier molecular flexibility index (Phi) is 2.18. The maximum atomic E-state index is 12.5. The van der Waals surface area contributed by atoms with Crippen LogP contribution in [-0.4, -0.2) is 16.0 Å². The van der Waals surface area contributed by atoms with Gasteiger partial charge in [-0.15, -0.1) is 0 Å². The molecule has 0 saturated heterocycles. The number of aryl methyl sites for hydroxylation is 1. The topological polar surface area (TPSA) is 59.3 Å². The van der Waals surface area contributed by atoms with E-state index in [1.165, 1.54) is 4.68 Å². The van der Waals surface area contributed by atoms with E-state index in [0.29, 0.717) is 11.9 Å². The minimum Gasteiger partial charge on any atom is -0.277 e. The smallest absolute Gasteiger partial charge is 0.274 e. The van der Waals surface area contributed by atoms with Gasteiger partial charge in [-0.3, -0.25) is 10.2 Å². The molecule has 5 heteroatoms. The molecular formula is C15H12N4O. The lowest BCUT2D eigenvalue weighted by atomic mass is 10.1. The van der Waals surface area contributed by atoms with E-state index in [1.807, 2.05) is 37.3 Å². The van der Waals surface area contributed by atoms with Crippen molar-refractivity contribution in [2.45, 2.75) is 13.5 Å². The first-order valence-electron chi connectivity index (χ1n) is 6.55. The zero-order valence-electron chi connectivity index (χ0n) is 10.9. The zero-order valence-corrected chi connectivity index (χ0v) is 10.9. The van der Waals surface area contributed by atoms with Crippen molar-refractivity contribution in [3.8, 4) is 11.1 Å². The predicted molar refractivity (Wildman–Crippen MR) is 80.1 cm³/mol. The summed E-state index contributed by atoms with van der Waals surface area (Å²) < 4.78 is 1.50. The first-order valence-corrected chi connectivity index (χ1v) is 6.55. The standard InChI is InChI=1S/C15H12N4O/c1-2-19-15(20)11-4-3-9-7-8-16-17-14(9)10-5-6-12(18-19)13(10)11/h3-8,17H,2H2,1H3. The van der Waals surface area contributed by atoms with Crippen molar-refractivity contribution < 1.29 is 0 Å². The summed E-state index contributed by atoms with van der Waals surface area (Å²) in [6, 6.07) is 7.76. The Morgan fingerprint density at radius 1 is 1.25 bits per heavy atom. The number of hydrogen-bond acceptors (Lipinski definition) is 4. The SMILES string of the molecule is CCn1nc2ccc3c4c(ccc(c2-3)c1=O)=CC=NN4. The van der Waals surface area contributed by atoms with Gasteiger partial charge in [-0.05, 0) is 31.2 Å². The number of fused-ring (bicyclic) bond motifs is 2. The molecule has 1 aliphatic heterocycles. The van der Waals surface area contributed by atoms with Gasteiger partial charge < -0.3 is 0 Å². The van der Waals surface area contributed by atoms with Gasteiger partial charge in [0.15, 0.2) is 0 Å². The van der Waals surface area contributed by atoms with Crippen LogP contribution in [0.4, 0.5) is 5.69 Å². The molecule has 4 rings (SSSR count). The van der Waals surface area contributed by atoms with E-state index in [1.54, 1.807) is 6.21 Å². The van der Waals surface area contributed by atoms with Gasteiger partial charge in [0.25, 0.3) is 5.56 Å². The van der Waals surface area contributed by atoms with E-state index in [2.05, 4.69) is 15.6 Å². The third-order valence-corrected chi connectivity index (χ3v) is 3.69. The Labute approximate surface area is 114 Å². The highest BCUT2D eigenvalue weighted by Crippen LogP contribution is 2.34. The van der Waals surface area contributed by atoms with Crippen LogP contribution < -0.4 is 16.2 Å². The zero-order chi connectivity index (χ0) is 13.7. The lowest BCUT2D eigenvalue weighted by molar-refractivity contribution is 0.633. The lowest BCUT2D eigenvalue weighted by Crippen LogP contribution is -2.22. The second kappa shape index (κ2) is 3.90. The molecule has 0 spiro atoms. The molecule has 1 N–H and O–H groups in total. The normalized spacial score (nSPS) is 13.2. The number of nitrogens with one attached hydrogen (secondary N) is 1. The minimum absolute atomic E-state index is 0.0514. The summed E-state index contributed by atoms with van der Waals surface area (Å²) in [4.78, 5) is 12.5. The van der Waals surface area contributed by atoms with Gasteiger partial charge in [-0.2, -0.15) is 10.2 Å². The van der Waals surface area contributed by atoms with Crippen molar-refractivity contribution in [1.29, 1.82) is 0 Å². The van der Waals surface area contributed by atoms with E-state index in [4.69, 9.17) is 0 Å². The molecule has 0 radical (unpaired) electrons. The first-order chi connectivity index (χ1) is 9.79. The van der Waals surface area contributed by atoms with Gasteiger partial charge in [0.2, 0.25) is 0 Å². The predicted octanol–water partition coefficient (Wildman–Crippen LogP) is 1.43. The number of nitrogens with zero attached hydrogens (tertiary/aromatic N) is 3. The monoisotopic (exact) mass is 264 g/mol. The third-order valence-electron chi connectivity index (χ3n) is 3.69. The summed E-state index contributed by atoms with van der Waals surface area (Å²) >= 11 is 0. The highest BCUT2D eigenvalue weighted by Gasteiger charge is 2.19. The molecule has 0 aromatic carbocycles. The highest BCUT2D eigenvalue weighted by molar-refractivity contribution is 6.03. The van der Waals surface area contributed by atoms with Crippen LogP contribution in [0.15, 0.2) is 34.2 Å². The van der Waals surface area contributed by atoms with Crippen LogP contribution in [0.25, 0.3) is 28.1 Å². The van der Waals surface area contributed by atoms with Gasteiger partial charge in [-0.1, -0.05) is 6.07 Å². The van der Waals surface area contributed by atoms with E-state index >= 15 is 0 Å². The molecule has 1 aromatic heterocycles. The molecule has 0 saturated carbocycles. The molecule has 5 nitrogen and oxygen atoms in total. The molecule has 0 amide bonds. The van der Waals surface area contributed by atoms with Crippen molar-refractivity contribution in [2.75, 3.05) is 5.43 Å². The summed E-state index contributed by atoms with van der Waals surface area (Å²) in [6.07, 6.45) is 3.64. The molecule has 1 aromatic rings. The Balaban J connectivity index is 2.24. The number of aromatic nitrogens is 2. The average Bonchev–Trinajstić information content (AvgIpc) is 2.81. The lowest BCUT2D eigenvalue weighted by Gasteiger charge is -2.09. The fourth-order valence-electron chi connectivity index (χ4n) is 2.73. The Morgan fingerprint density at radius 2 is 2.15 bits per heavy atom. The molecule has 20 heavy (non-hydrogen) atoms. The summed E-state index contributed by atoms with van der Waals surface area (Å²) in [5.74, 6) is 0. The van der Waals surface area contributed by atoms with Crippen LogP contribution in [0, 0.1) is 0 Å². The largest absolute Gasteiger partial charge is 0.277 e. The summed E-state index contributed by atoms with van der Waals surface area (Å²) in [7, 11) is 0. The van der Waals surface area contributed by atoms with E-state index in [0.717, 1.165) is 27.5 Å². The van der Waals surface area contributed by atoms with Crippen molar-refractivity contribution in [2.24, 2.45) is 5.10 Å². The molecular weight excluding hydrogens is 252 g/mol. The van der Waals surface area contributed by atoms with Gasteiger partial charge in [0, 0.05) is 29.1 Å². The van der Waals surface area contributed by atoms with Gasteiger partial charge >= 0.3 is 0 Å². The molecule has 0 fully saturated rings. The van der Waals surface area contributed by atoms with Crippen molar-refractivity contribution >= 4 is 28.9 Å². The Hall–Kier alpha value is -2.69. The molecule has 3 aliphatic rings. The minimum atomic E-state index is -0.0514. The van der Waals surface area contributed by atoms with Crippen LogP contribution in [0.3, 0.4) is 0 Å². The average molecular weight is 264 g/mol. The van der Waals surface area contributed by atoms with Gasteiger partial charge in [0.1, 0.15) is 0 Å². The van der Waals surface area contributed by atoms with Crippen LogP contribution >= 0.6 is 0 Å². The fraction of sp³-hybridized carbons (Fsp3) is 0.133. The second-order valence-electron chi connectivity index (χ2n) is 4.76. The molecule has 98 valence electrons. The highest BCUT2D eigenvalue weighted by atomic mass is 16.1. The van der Waals surface area contributed by atoms with E-state index in [-0.39, 0.29) is 5.56 Å². The number of rotatable bonds is 1. The van der Waals surface area contributed by atoms with Crippen LogP contribution in [0.1, 0.15) is 6.92 Å². The van der Waals surface area contributed by atoms with Gasteiger partial charge in [-0.25, -0.2) is 4.68 Å². The summed E-state index contributed by atoms with van der Waals surface area (Å²) in [6.45, 7) is 2.49. The van der Waals surface area contributed by atoms with Crippen molar-refractivity contribution in [3.05, 3.63) is 39.8 Å². The van der Waals surface area contributed by atoms with Crippen molar-refractivity contribution in [1.82, 2.24) is 9.78 Å². The second-order valence-corrected chi connectivity index (χ2v) is 4.76. The summed E-state index contributed by atoms with van der Waals surface area (Å²) in [5, 5.41) is 10.2. The van der Waals surface area contributed by atoms with E-state index < -0.39 is 0 Å². The molecule has 0 atom stereocenters. The Morgan fingerprint density at radius 3 is 3.00 bits per heavy atom. The number of anilines is 1. The molecule has 0 bridgehead atoms. The number of hydrogen-bond donors (Lipinski definition) is 1. The molecule has 0 unspecified atom stereocenters. The third kappa shape index (κ3) is 1.34. The van der Waals surface area contributed by atoms with Gasteiger partial charge in [0.05, 0.1) is 16.6 Å².